The minimum absolute atomic E-state index is 0.00561. The molecule has 6 nitrogen and oxygen atoms in total. The molecule has 2 atom stereocenters. The molecule has 4 rings (SSSR count). The van der Waals surface area contributed by atoms with Crippen LogP contribution < -0.4 is 10.9 Å². The molecule has 0 radical (unpaired) electrons. The van der Waals surface area contributed by atoms with E-state index in [1.165, 1.54) is 0 Å². The van der Waals surface area contributed by atoms with Gasteiger partial charge in [-0.05, 0) is 24.5 Å². The lowest BCUT2D eigenvalue weighted by Gasteiger charge is -2.30. The molecule has 1 aliphatic heterocycles. The van der Waals surface area contributed by atoms with Crippen molar-refractivity contribution in [3.63, 3.8) is 0 Å². The lowest BCUT2D eigenvalue weighted by molar-refractivity contribution is 0.000876. The summed E-state index contributed by atoms with van der Waals surface area (Å²) in [7, 11) is 0. The predicted octanol–water partition coefficient (Wildman–Crippen LogP) is 2.57. The van der Waals surface area contributed by atoms with E-state index in [0.717, 1.165) is 12.0 Å². The van der Waals surface area contributed by atoms with E-state index in [9.17, 15) is 9.59 Å². The summed E-state index contributed by atoms with van der Waals surface area (Å²) in [5.74, 6) is -0.281. The third-order valence-electron chi connectivity index (χ3n) is 4.70. The Bertz CT molecular complexity index is 984. The van der Waals surface area contributed by atoms with Gasteiger partial charge in [0.2, 0.25) is 0 Å². The highest BCUT2D eigenvalue weighted by Crippen LogP contribution is 2.28. The maximum absolute atomic E-state index is 12.7. The number of amides is 1. The second-order valence-electron chi connectivity index (χ2n) is 6.41. The van der Waals surface area contributed by atoms with E-state index < -0.39 is 0 Å². The van der Waals surface area contributed by atoms with Gasteiger partial charge in [0, 0.05) is 18.0 Å². The van der Waals surface area contributed by atoms with Gasteiger partial charge in [-0.3, -0.25) is 9.59 Å². The summed E-state index contributed by atoms with van der Waals surface area (Å²) >= 11 is 0. The highest BCUT2D eigenvalue weighted by atomic mass is 16.5. The molecule has 1 fully saturated rings. The average Bonchev–Trinajstić information content (AvgIpc) is 2.69. The molecule has 26 heavy (non-hydrogen) atoms. The SMILES string of the molecule is O=C(NC1CCOC(c2ccccc2)C1)c1n[nH]c(=O)c2ccccc12. The molecule has 3 aromatic rings. The van der Waals surface area contributed by atoms with E-state index in [1.807, 2.05) is 30.3 Å². The molecule has 2 aromatic carbocycles. The Morgan fingerprint density at radius 2 is 1.81 bits per heavy atom. The molecule has 6 heteroatoms. The van der Waals surface area contributed by atoms with Crippen molar-refractivity contribution in [2.45, 2.75) is 25.0 Å². The van der Waals surface area contributed by atoms with Crippen LogP contribution in [0.4, 0.5) is 0 Å². The van der Waals surface area contributed by atoms with E-state index in [4.69, 9.17) is 4.74 Å². The zero-order valence-corrected chi connectivity index (χ0v) is 14.1. The van der Waals surface area contributed by atoms with E-state index in [-0.39, 0.29) is 29.3 Å². The van der Waals surface area contributed by atoms with Gasteiger partial charge in [0.1, 0.15) is 0 Å². The largest absolute Gasteiger partial charge is 0.373 e. The molecule has 0 spiro atoms. The first-order valence-corrected chi connectivity index (χ1v) is 8.67. The molecule has 0 saturated carbocycles. The Kier molecular flexibility index (Phi) is 4.50. The first kappa shape index (κ1) is 16.5. The number of rotatable bonds is 3. The molecule has 2 heterocycles. The number of nitrogens with one attached hydrogen (secondary N) is 2. The molecule has 2 unspecified atom stereocenters. The Labute approximate surface area is 150 Å². The number of fused-ring (bicyclic) bond motifs is 1. The predicted molar refractivity (Wildman–Crippen MR) is 98.0 cm³/mol. The number of hydrogen-bond donors (Lipinski definition) is 2. The molecule has 1 aromatic heterocycles. The maximum Gasteiger partial charge on any atom is 0.272 e. The van der Waals surface area contributed by atoms with Crippen LogP contribution in [0, 0.1) is 0 Å². The number of H-pyrrole nitrogens is 1. The van der Waals surface area contributed by atoms with Gasteiger partial charge in [-0.2, -0.15) is 5.10 Å². The lowest BCUT2D eigenvalue weighted by Crippen LogP contribution is -2.40. The number of hydrogen-bond acceptors (Lipinski definition) is 4. The van der Waals surface area contributed by atoms with Crippen LogP contribution in [0.15, 0.2) is 59.4 Å². The Hall–Kier alpha value is -2.99. The van der Waals surface area contributed by atoms with Crippen molar-refractivity contribution in [3.05, 3.63) is 76.2 Å². The molecule has 2 N–H and O–H groups in total. The van der Waals surface area contributed by atoms with Gasteiger partial charge >= 0.3 is 0 Å². The van der Waals surface area contributed by atoms with Crippen LogP contribution in [0.1, 0.15) is 35.0 Å². The summed E-state index contributed by atoms with van der Waals surface area (Å²) in [5.41, 5.74) is 1.05. The van der Waals surface area contributed by atoms with Gasteiger partial charge in [-0.25, -0.2) is 5.10 Å². The minimum Gasteiger partial charge on any atom is -0.373 e. The number of nitrogens with zero attached hydrogens (tertiary/aromatic N) is 1. The molecule has 0 bridgehead atoms. The summed E-state index contributed by atoms with van der Waals surface area (Å²) in [6.07, 6.45) is 1.42. The van der Waals surface area contributed by atoms with E-state index in [1.54, 1.807) is 24.3 Å². The fourth-order valence-corrected chi connectivity index (χ4v) is 3.37. The Morgan fingerprint density at radius 3 is 2.62 bits per heavy atom. The van der Waals surface area contributed by atoms with Crippen molar-refractivity contribution in [1.29, 1.82) is 0 Å². The summed E-state index contributed by atoms with van der Waals surface area (Å²) in [6.45, 7) is 0.588. The van der Waals surface area contributed by atoms with Crippen LogP contribution in [0.2, 0.25) is 0 Å². The van der Waals surface area contributed by atoms with E-state index in [0.29, 0.717) is 23.8 Å². The summed E-state index contributed by atoms with van der Waals surface area (Å²) in [5, 5.41) is 10.4. The van der Waals surface area contributed by atoms with Gasteiger partial charge < -0.3 is 10.1 Å². The number of carbonyl (C=O) groups excluding carboxylic acids is 1. The monoisotopic (exact) mass is 349 g/mol. The smallest absolute Gasteiger partial charge is 0.272 e. The second kappa shape index (κ2) is 7.09. The Morgan fingerprint density at radius 1 is 1.08 bits per heavy atom. The molecule has 1 aliphatic rings. The van der Waals surface area contributed by atoms with Crippen LogP contribution in [-0.4, -0.2) is 28.8 Å². The van der Waals surface area contributed by atoms with Crippen LogP contribution in [0.25, 0.3) is 10.8 Å². The maximum atomic E-state index is 12.7. The molecular formula is C20H19N3O3. The fraction of sp³-hybridized carbons (Fsp3) is 0.250. The average molecular weight is 349 g/mol. The van der Waals surface area contributed by atoms with Crippen molar-refractivity contribution < 1.29 is 9.53 Å². The summed E-state index contributed by atoms with van der Waals surface area (Å²) in [4.78, 5) is 24.6. The van der Waals surface area contributed by atoms with Gasteiger partial charge in [-0.15, -0.1) is 0 Å². The molecule has 1 saturated heterocycles. The standard InChI is InChI=1S/C20H19N3O3/c24-19-16-9-5-4-8-15(16)18(22-23-19)20(25)21-14-10-11-26-17(12-14)13-6-2-1-3-7-13/h1-9,14,17H,10-12H2,(H,21,25)(H,23,24). The van der Waals surface area contributed by atoms with Crippen LogP contribution >= 0.6 is 0 Å². The quantitative estimate of drug-likeness (QED) is 0.761. The normalized spacial score (nSPS) is 20.0. The van der Waals surface area contributed by atoms with Crippen LogP contribution in [0.5, 0.6) is 0 Å². The highest BCUT2D eigenvalue weighted by molar-refractivity contribution is 6.04. The minimum atomic E-state index is -0.299. The van der Waals surface area contributed by atoms with Crippen LogP contribution in [-0.2, 0) is 4.74 Å². The first-order chi connectivity index (χ1) is 12.7. The van der Waals surface area contributed by atoms with Crippen molar-refractivity contribution in [1.82, 2.24) is 15.5 Å². The third kappa shape index (κ3) is 3.23. The zero-order valence-electron chi connectivity index (χ0n) is 14.1. The van der Waals surface area contributed by atoms with Gasteiger partial charge in [-0.1, -0.05) is 48.5 Å². The fourth-order valence-electron chi connectivity index (χ4n) is 3.37. The van der Waals surface area contributed by atoms with Gasteiger partial charge in [0.05, 0.1) is 11.5 Å². The van der Waals surface area contributed by atoms with Crippen molar-refractivity contribution >= 4 is 16.7 Å². The highest BCUT2D eigenvalue weighted by Gasteiger charge is 2.26. The summed E-state index contributed by atoms with van der Waals surface area (Å²) in [6, 6.07) is 17.0. The van der Waals surface area contributed by atoms with Gasteiger partial charge in [0.15, 0.2) is 5.69 Å². The van der Waals surface area contributed by atoms with Crippen molar-refractivity contribution in [3.8, 4) is 0 Å². The molecule has 132 valence electrons. The zero-order chi connectivity index (χ0) is 17.9. The number of benzene rings is 2. The number of aromatic amines is 1. The lowest BCUT2D eigenvalue weighted by atomic mass is 9.97. The summed E-state index contributed by atoms with van der Waals surface area (Å²) < 4.78 is 5.85. The number of aromatic nitrogens is 2. The van der Waals surface area contributed by atoms with Gasteiger partial charge in [0.25, 0.3) is 11.5 Å². The topological polar surface area (TPSA) is 84.1 Å². The molecule has 0 aliphatic carbocycles. The third-order valence-corrected chi connectivity index (χ3v) is 4.70. The first-order valence-electron chi connectivity index (χ1n) is 8.67. The molecule has 1 amide bonds. The second-order valence-corrected chi connectivity index (χ2v) is 6.41. The Balaban J connectivity index is 1.53. The van der Waals surface area contributed by atoms with Crippen LogP contribution in [0.3, 0.4) is 0 Å². The molecular weight excluding hydrogens is 330 g/mol. The van der Waals surface area contributed by atoms with E-state index >= 15 is 0 Å². The van der Waals surface area contributed by atoms with E-state index in [2.05, 4.69) is 15.5 Å². The number of carbonyl (C=O) groups is 1. The van der Waals surface area contributed by atoms with Crippen molar-refractivity contribution in [2.75, 3.05) is 6.61 Å². The number of ether oxygens (including phenoxy) is 1. The van der Waals surface area contributed by atoms with Crippen molar-refractivity contribution in [2.24, 2.45) is 0 Å².